The average molecular weight is 498 g/mol. The zero-order valence-electron chi connectivity index (χ0n) is 18.1. The molecule has 5 rings (SSSR count). The predicted molar refractivity (Wildman–Crippen MR) is 136 cm³/mol. The van der Waals surface area contributed by atoms with Gasteiger partial charge in [-0.3, -0.25) is 13.9 Å². The molecule has 0 N–H and O–H groups in total. The molecule has 1 atom stereocenters. The molecule has 4 aromatic rings. The maximum Gasteiger partial charge on any atom is 0.278 e. The largest absolute Gasteiger partial charge is 0.492 e. The van der Waals surface area contributed by atoms with Crippen LogP contribution in [-0.2, 0) is 4.74 Å². The predicted octanol–water partition coefficient (Wildman–Crippen LogP) is 5.64. The van der Waals surface area contributed by atoms with Crippen molar-refractivity contribution in [2.75, 3.05) is 19.0 Å². The number of benzene rings is 2. The summed E-state index contributed by atoms with van der Waals surface area (Å²) in [6, 6.07) is 17.3. The summed E-state index contributed by atoms with van der Waals surface area (Å²) in [5.74, 6) is 1.45. The minimum Gasteiger partial charge on any atom is -0.492 e. The highest BCUT2D eigenvalue weighted by Gasteiger charge is 2.22. The molecule has 0 bridgehead atoms. The highest BCUT2D eigenvalue weighted by atomic mass is 32.2. The number of para-hydroxylation sites is 3. The lowest BCUT2D eigenvalue weighted by Gasteiger charge is -2.15. The van der Waals surface area contributed by atoms with Gasteiger partial charge < -0.3 is 9.47 Å². The Labute approximate surface area is 204 Å². The Hall–Kier alpha value is -2.46. The van der Waals surface area contributed by atoms with E-state index in [1.165, 1.54) is 11.3 Å². The first-order valence-electron chi connectivity index (χ1n) is 10.9. The topological polar surface area (TPSA) is 58.3 Å². The van der Waals surface area contributed by atoms with E-state index < -0.39 is 0 Å². The summed E-state index contributed by atoms with van der Waals surface area (Å²) in [5, 5.41) is 0.629. The van der Waals surface area contributed by atoms with Crippen LogP contribution in [-0.4, -0.2) is 39.2 Å². The first-order chi connectivity index (χ1) is 16.2. The third kappa shape index (κ3) is 4.38. The molecule has 1 saturated heterocycles. The smallest absolute Gasteiger partial charge is 0.278 e. The molecule has 0 unspecified atom stereocenters. The van der Waals surface area contributed by atoms with E-state index in [0.717, 1.165) is 36.6 Å². The number of thioether (sulfide) groups is 1. The van der Waals surface area contributed by atoms with Gasteiger partial charge in [-0.25, -0.2) is 4.98 Å². The van der Waals surface area contributed by atoms with Gasteiger partial charge in [-0.2, -0.15) is 0 Å². The van der Waals surface area contributed by atoms with Crippen molar-refractivity contribution in [1.82, 2.24) is 14.1 Å². The fourth-order valence-corrected chi connectivity index (χ4v) is 6.27. The van der Waals surface area contributed by atoms with E-state index >= 15 is 0 Å². The summed E-state index contributed by atoms with van der Waals surface area (Å²) in [7, 11) is 0. The number of ether oxygens (including phenoxy) is 2. The highest BCUT2D eigenvalue weighted by Crippen LogP contribution is 2.32. The first kappa shape index (κ1) is 22.3. The van der Waals surface area contributed by atoms with E-state index in [9.17, 15) is 4.79 Å². The number of rotatable bonds is 7. The van der Waals surface area contributed by atoms with Gasteiger partial charge in [0, 0.05) is 12.4 Å². The van der Waals surface area contributed by atoms with Crippen LogP contribution in [0.25, 0.3) is 21.7 Å². The molecular formula is C24H23N3O3S3. The molecule has 1 aliphatic rings. The number of hydrogen-bond acceptors (Lipinski definition) is 7. The molecule has 6 nitrogen and oxygen atoms in total. The quantitative estimate of drug-likeness (QED) is 0.187. The summed E-state index contributed by atoms with van der Waals surface area (Å²) in [6.07, 6.45) is 2.28. The van der Waals surface area contributed by atoms with Crippen LogP contribution in [0.5, 0.6) is 5.75 Å². The van der Waals surface area contributed by atoms with Gasteiger partial charge in [-0.05, 0) is 56.2 Å². The molecule has 2 aromatic carbocycles. The van der Waals surface area contributed by atoms with Gasteiger partial charge >= 0.3 is 0 Å². The van der Waals surface area contributed by atoms with E-state index in [4.69, 9.17) is 26.7 Å². The highest BCUT2D eigenvalue weighted by molar-refractivity contribution is 7.99. The molecule has 1 fully saturated rings. The molecule has 0 aliphatic carbocycles. The third-order valence-corrected chi connectivity index (χ3v) is 7.84. The molecular weight excluding hydrogens is 474 g/mol. The van der Waals surface area contributed by atoms with Crippen molar-refractivity contribution in [3.05, 3.63) is 68.9 Å². The molecule has 170 valence electrons. The molecule has 2 aromatic heterocycles. The van der Waals surface area contributed by atoms with Gasteiger partial charge in [0.15, 0.2) is 14.8 Å². The van der Waals surface area contributed by atoms with Crippen LogP contribution >= 0.6 is 35.3 Å². The van der Waals surface area contributed by atoms with Crippen molar-refractivity contribution < 1.29 is 9.47 Å². The minimum absolute atomic E-state index is 0.121. The van der Waals surface area contributed by atoms with Crippen LogP contribution < -0.4 is 10.3 Å². The van der Waals surface area contributed by atoms with Crippen LogP contribution in [0.15, 0.2) is 64.5 Å². The first-order valence-corrected chi connectivity index (χ1v) is 13.1. The minimum atomic E-state index is -0.121. The van der Waals surface area contributed by atoms with E-state index in [1.54, 1.807) is 16.3 Å². The molecule has 0 amide bonds. The van der Waals surface area contributed by atoms with Crippen molar-refractivity contribution in [3.63, 3.8) is 0 Å². The third-order valence-electron chi connectivity index (χ3n) is 5.42. The van der Waals surface area contributed by atoms with Gasteiger partial charge in [0.05, 0.1) is 24.1 Å². The maximum absolute atomic E-state index is 13.8. The Morgan fingerprint density at radius 2 is 1.97 bits per heavy atom. The average Bonchev–Trinajstić information content (AvgIpc) is 3.47. The van der Waals surface area contributed by atoms with E-state index in [0.29, 0.717) is 31.8 Å². The van der Waals surface area contributed by atoms with Crippen LogP contribution in [0.1, 0.15) is 19.8 Å². The molecule has 9 heteroatoms. The number of aromatic nitrogens is 3. The van der Waals surface area contributed by atoms with Crippen molar-refractivity contribution in [2.45, 2.75) is 31.0 Å². The maximum atomic E-state index is 13.8. The summed E-state index contributed by atoms with van der Waals surface area (Å²) < 4.78 is 16.3. The van der Waals surface area contributed by atoms with Crippen molar-refractivity contribution in [2.24, 2.45) is 0 Å². The fraction of sp³-hybridized carbons (Fsp3) is 0.292. The number of nitrogens with zero attached hydrogens (tertiary/aromatic N) is 3. The Kier molecular flexibility index (Phi) is 6.64. The SMILES string of the molecule is CCOc1ccccc1-n1c(=S)sc2c(=O)n(-c3ccccc3)c(SC[C@H]3CCCO3)nc21. The zero-order valence-corrected chi connectivity index (χ0v) is 20.5. The Morgan fingerprint density at radius 1 is 1.18 bits per heavy atom. The molecule has 3 heterocycles. The van der Waals surface area contributed by atoms with Crippen molar-refractivity contribution >= 4 is 45.7 Å². The van der Waals surface area contributed by atoms with Gasteiger partial charge in [0.2, 0.25) is 0 Å². The van der Waals surface area contributed by atoms with E-state index in [1.807, 2.05) is 66.1 Å². The van der Waals surface area contributed by atoms with Crippen molar-refractivity contribution in [1.29, 1.82) is 0 Å². The van der Waals surface area contributed by atoms with Crippen molar-refractivity contribution in [3.8, 4) is 17.1 Å². The second kappa shape index (κ2) is 9.80. The van der Waals surface area contributed by atoms with Crippen LogP contribution in [0.3, 0.4) is 0 Å². The molecule has 0 spiro atoms. The lowest BCUT2D eigenvalue weighted by Crippen LogP contribution is -2.22. The van der Waals surface area contributed by atoms with Crippen LogP contribution in [0, 0.1) is 3.95 Å². The second-order valence-corrected chi connectivity index (χ2v) is 10.2. The summed E-state index contributed by atoms with van der Waals surface area (Å²) in [4.78, 5) is 18.7. The summed E-state index contributed by atoms with van der Waals surface area (Å²) in [5.41, 5.74) is 2.01. The van der Waals surface area contributed by atoms with Gasteiger partial charge in [-0.15, -0.1) is 0 Å². The second-order valence-electron chi connectivity index (χ2n) is 7.57. The summed E-state index contributed by atoms with van der Waals surface area (Å²) in [6.45, 7) is 3.27. The monoisotopic (exact) mass is 497 g/mol. The standard InChI is InChI=1S/C24H23N3O3S3/c1-2-29-19-13-7-6-12-18(19)27-21-20(33-24(27)31)22(28)26(16-9-4-3-5-10-16)23(25-21)32-15-17-11-8-14-30-17/h3-7,9-10,12-13,17H,2,8,11,14-15H2,1H3/t17-/m1/s1. The lowest BCUT2D eigenvalue weighted by atomic mass is 10.3. The normalized spacial score (nSPS) is 15.8. The lowest BCUT2D eigenvalue weighted by molar-refractivity contribution is 0.129. The molecule has 33 heavy (non-hydrogen) atoms. The molecule has 0 saturated carbocycles. The zero-order chi connectivity index (χ0) is 22.8. The fourth-order valence-electron chi connectivity index (χ4n) is 3.91. The van der Waals surface area contributed by atoms with E-state index in [2.05, 4.69) is 0 Å². The molecule has 1 aliphatic heterocycles. The Balaban J connectivity index is 1.72. The Bertz CT molecular complexity index is 1390. The number of fused-ring (bicyclic) bond motifs is 1. The summed E-state index contributed by atoms with van der Waals surface area (Å²) >= 11 is 8.53. The van der Waals surface area contributed by atoms with Crippen LogP contribution in [0.4, 0.5) is 0 Å². The molecule has 0 radical (unpaired) electrons. The number of thiazole rings is 1. The van der Waals surface area contributed by atoms with Crippen LogP contribution in [0.2, 0.25) is 0 Å². The number of hydrogen-bond donors (Lipinski definition) is 0. The van der Waals surface area contributed by atoms with Gasteiger partial charge in [0.25, 0.3) is 5.56 Å². The van der Waals surface area contributed by atoms with Gasteiger partial charge in [-0.1, -0.05) is 53.4 Å². The van der Waals surface area contributed by atoms with E-state index in [-0.39, 0.29) is 11.7 Å². The van der Waals surface area contributed by atoms with Gasteiger partial charge in [0.1, 0.15) is 10.4 Å². The Morgan fingerprint density at radius 3 is 2.73 bits per heavy atom.